The van der Waals surface area contributed by atoms with E-state index in [0.29, 0.717) is 34.9 Å². The summed E-state index contributed by atoms with van der Waals surface area (Å²) in [5.41, 5.74) is -0.952. The Bertz CT molecular complexity index is 1660. The van der Waals surface area contributed by atoms with E-state index in [4.69, 9.17) is 9.15 Å². The van der Waals surface area contributed by atoms with Gasteiger partial charge < -0.3 is 19.8 Å². The van der Waals surface area contributed by atoms with Crippen molar-refractivity contribution in [2.24, 2.45) is 0 Å². The minimum Gasteiger partial charge on any atom is -0.495 e. The Hall–Kier alpha value is -3.98. The molecule has 1 heterocycles. The van der Waals surface area contributed by atoms with E-state index in [0.717, 1.165) is 6.26 Å². The number of nitrogens with zero attached hydrogens (tertiary/aromatic N) is 1. The zero-order chi connectivity index (χ0) is 28.9. The molecule has 1 aromatic heterocycles. The number of hydrogen-bond donors (Lipinski definition) is 2. The molecule has 40 heavy (non-hydrogen) atoms. The van der Waals surface area contributed by atoms with E-state index in [1.54, 1.807) is 30.3 Å². The zero-order valence-electron chi connectivity index (χ0n) is 21.8. The van der Waals surface area contributed by atoms with Gasteiger partial charge in [0, 0.05) is 24.5 Å². The summed E-state index contributed by atoms with van der Waals surface area (Å²) in [6, 6.07) is 13.4. The van der Waals surface area contributed by atoms with Crippen molar-refractivity contribution in [3.63, 3.8) is 0 Å². The van der Waals surface area contributed by atoms with Crippen molar-refractivity contribution < 1.29 is 35.9 Å². The lowest BCUT2D eigenvalue weighted by molar-refractivity contribution is -0.133. The van der Waals surface area contributed by atoms with E-state index in [9.17, 15) is 32.0 Å². The highest BCUT2D eigenvalue weighted by Crippen LogP contribution is 2.41. The number of ether oxygens (including phenoxy) is 1. The highest BCUT2D eigenvalue weighted by atomic mass is 32.2. The molecule has 2 amide bonds. The highest BCUT2D eigenvalue weighted by molar-refractivity contribution is 7.90. The first-order chi connectivity index (χ1) is 18.8. The number of furan rings is 1. The number of carbonyl (C=O) groups excluding carboxylic acids is 2. The van der Waals surface area contributed by atoms with E-state index in [-0.39, 0.29) is 29.2 Å². The van der Waals surface area contributed by atoms with E-state index >= 15 is 0 Å². The van der Waals surface area contributed by atoms with Crippen LogP contribution in [0.4, 0.5) is 8.78 Å². The van der Waals surface area contributed by atoms with Crippen LogP contribution in [0, 0.1) is 11.3 Å². The molecule has 3 aromatic rings. The maximum Gasteiger partial charge on any atom is 0.287 e. The molecule has 2 fully saturated rings. The van der Waals surface area contributed by atoms with E-state index in [1.807, 2.05) is 6.07 Å². The van der Waals surface area contributed by atoms with Gasteiger partial charge in [0.25, 0.3) is 5.91 Å². The number of rotatable bonds is 7. The molecule has 210 valence electrons. The van der Waals surface area contributed by atoms with Crippen LogP contribution in [0.2, 0.25) is 0 Å². The summed E-state index contributed by atoms with van der Waals surface area (Å²) in [4.78, 5) is 26.5. The molecule has 2 saturated carbocycles. The van der Waals surface area contributed by atoms with Crippen LogP contribution in [0.15, 0.2) is 51.8 Å². The first kappa shape index (κ1) is 27.6. The number of sulfone groups is 1. The summed E-state index contributed by atoms with van der Waals surface area (Å²) >= 11 is 0. The Morgan fingerprint density at radius 3 is 2.23 bits per heavy atom. The van der Waals surface area contributed by atoms with Crippen molar-refractivity contribution in [3.05, 3.63) is 48.2 Å². The van der Waals surface area contributed by atoms with Gasteiger partial charge in [-0.15, -0.1) is 0 Å². The van der Waals surface area contributed by atoms with Gasteiger partial charge in [-0.1, -0.05) is 18.2 Å². The molecule has 0 radical (unpaired) electrons. The van der Waals surface area contributed by atoms with Crippen LogP contribution in [0.3, 0.4) is 0 Å². The number of methoxy groups -OCH3 is 1. The fraction of sp³-hybridized carbons (Fsp3) is 0.393. The predicted octanol–water partition coefficient (Wildman–Crippen LogP) is 4.36. The summed E-state index contributed by atoms with van der Waals surface area (Å²) in [5, 5.41) is 15.3. The topological polar surface area (TPSA) is 138 Å². The molecule has 0 atom stereocenters. The monoisotopic (exact) mass is 571 g/mol. The molecule has 0 spiro atoms. The van der Waals surface area contributed by atoms with Gasteiger partial charge in [0.05, 0.1) is 13.2 Å². The molecule has 2 aromatic carbocycles. The van der Waals surface area contributed by atoms with Gasteiger partial charge in [-0.3, -0.25) is 9.59 Å². The van der Waals surface area contributed by atoms with Crippen molar-refractivity contribution in [2.45, 2.75) is 60.4 Å². The van der Waals surface area contributed by atoms with Gasteiger partial charge in [0.15, 0.2) is 15.6 Å². The molecule has 2 N–H and O–H groups in total. The number of halogens is 2. The molecule has 2 aliphatic carbocycles. The molecule has 0 bridgehead atoms. The van der Waals surface area contributed by atoms with Crippen molar-refractivity contribution in [2.75, 3.05) is 13.4 Å². The van der Waals surface area contributed by atoms with E-state index in [1.165, 1.54) is 19.2 Å². The molecule has 2 aliphatic rings. The minimum absolute atomic E-state index is 0.0533. The largest absolute Gasteiger partial charge is 0.495 e. The van der Waals surface area contributed by atoms with Crippen molar-refractivity contribution in [3.8, 4) is 22.9 Å². The number of benzene rings is 2. The third-order valence-corrected chi connectivity index (χ3v) is 8.72. The quantitative estimate of drug-likeness (QED) is 0.430. The van der Waals surface area contributed by atoms with Gasteiger partial charge in [0.1, 0.15) is 27.3 Å². The van der Waals surface area contributed by atoms with Crippen LogP contribution in [-0.4, -0.2) is 50.6 Å². The van der Waals surface area contributed by atoms with Gasteiger partial charge in [0.2, 0.25) is 11.8 Å². The minimum atomic E-state index is -3.50. The third-order valence-electron chi connectivity index (χ3n) is 7.58. The third kappa shape index (κ3) is 5.25. The average Bonchev–Trinajstić information content (AvgIpc) is 3.55. The van der Waals surface area contributed by atoms with Crippen LogP contribution in [0.1, 0.15) is 49.1 Å². The first-order valence-corrected chi connectivity index (χ1v) is 14.5. The van der Waals surface area contributed by atoms with E-state index < -0.39 is 51.5 Å². The van der Waals surface area contributed by atoms with Crippen LogP contribution in [0.25, 0.3) is 22.1 Å². The van der Waals surface area contributed by atoms with Crippen LogP contribution < -0.4 is 15.4 Å². The summed E-state index contributed by atoms with van der Waals surface area (Å²) in [6.45, 7) is 0. The van der Waals surface area contributed by atoms with Gasteiger partial charge in [-0.05, 0) is 61.1 Å². The van der Waals surface area contributed by atoms with Gasteiger partial charge in [-0.2, -0.15) is 5.26 Å². The Labute approximate surface area is 229 Å². The smallest absolute Gasteiger partial charge is 0.287 e. The lowest BCUT2D eigenvalue weighted by Crippen LogP contribution is -2.62. The van der Waals surface area contributed by atoms with Crippen molar-refractivity contribution in [1.29, 1.82) is 5.26 Å². The van der Waals surface area contributed by atoms with Crippen LogP contribution >= 0.6 is 0 Å². The Kier molecular flexibility index (Phi) is 6.61. The average molecular weight is 572 g/mol. The van der Waals surface area contributed by atoms with Crippen molar-refractivity contribution in [1.82, 2.24) is 10.6 Å². The maximum atomic E-state index is 14.0. The number of nitrogens with one attached hydrogen (secondary N) is 2. The second-order valence-corrected chi connectivity index (χ2v) is 12.5. The summed E-state index contributed by atoms with van der Waals surface area (Å²) in [6.07, 6.45) is 0.292. The Morgan fingerprint density at radius 1 is 0.975 bits per heavy atom. The fourth-order valence-electron chi connectivity index (χ4n) is 4.93. The molecule has 5 rings (SSSR count). The SMILES string of the molecule is COc1cc(-c2ccc3cc(C(=O)NC4(C(=O)NC5(C#N)CC5)CCC(F)(F)CC4)oc3c2)ccc1S(C)(=O)=O. The van der Waals surface area contributed by atoms with Crippen LogP contribution in [0.5, 0.6) is 5.75 Å². The first-order valence-electron chi connectivity index (χ1n) is 12.7. The number of nitriles is 1. The lowest BCUT2D eigenvalue weighted by Gasteiger charge is -2.39. The number of carbonyl (C=O) groups is 2. The predicted molar refractivity (Wildman–Crippen MR) is 141 cm³/mol. The highest BCUT2D eigenvalue weighted by Gasteiger charge is 2.53. The maximum absolute atomic E-state index is 14.0. The lowest BCUT2D eigenvalue weighted by atomic mass is 9.78. The Morgan fingerprint density at radius 2 is 1.62 bits per heavy atom. The fourth-order valence-corrected chi connectivity index (χ4v) is 5.76. The molecule has 0 unspecified atom stereocenters. The second kappa shape index (κ2) is 9.59. The summed E-state index contributed by atoms with van der Waals surface area (Å²) in [7, 11) is -2.12. The number of fused-ring (bicyclic) bond motifs is 1. The molecule has 9 nitrogen and oxygen atoms in total. The standard InChI is InChI=1S/C28H27F2N3O6S/c1-38-21-14-18(5-6-23(21)40(2,36)37)17-3-4-19-15-22(39-20(19)13-17)24(34)32-27(9-11-28(29,30)12-10-27)25(35)33-26(16-31)7-8-26/h3-6,13-15H,7-12H2,1-2H3,(H,32,34)(H,33,35). The van der Waals surface area contributed by atoms with E-state index in [2.05, 4.69) is 10.6 Å². The second-order valence-electron chi connectivity index (χ2n) is 10.5. The van der Waals surface area contributed by atoms with Gasteiger partial charge in [-0.25, -0.2) is 17.2 Å². The van der Waals surface area contributed by atoms with Gasteiger partial charge >= 0.3 is 0 Å². The molecular weight excluding hydrogens is 544 g/mol. The number of alkyl halides is 2. The normalized spacial score (nSPS) is 18.9. The van der Waals surface area contributed by atoms with Crippen molar-refractivity contribution >= 4 is 32.6 Å². The number of amides is 2. The number of hydrogen-bond acceptors (Lipinski definition) is 7. The Balaban J connectivity index is 1.41. The summed E-state index contributed by atoms with van der Waals surface area (Å²) < 4.78 is 63.1. The molecule has 12 heteroatoms. The summed E-state index contributed by atoms with van der Waals surface area (Å²) in [5.74, 6) is -4.26. The zero-order valence-corrected chi connectivity index (χ0v) is 22.7. The van der Waals surface area contributed by atoms with Crippen LogP contribution in [-0.2, 0) is 14.6 Å². The molecular formula is C28H27F2N3O6S. The molecule has 0 saturated heterocycles. The molecule has 0 aliphatic heterocycles.